The minimum absolute atomic E-state index is 0.00482. The third kappa shape index (κ3) is 3.65. The molecule has 2 nitrogen and oxygen atoms in total. The number of halogens is 1. The summed E-state index contributed by atoms with van der Waals surface area (Å²) >= 11 is 7.34. The highest BCUT2D eigenvalue weighted by atomic mass is 35.5. The topological polar surface area (TPSA) is 29.1 Å². The van der Waals surface area contributed by atoms with Gasteiger partial charge in [0.1, 0.15) is 0 Å². The Balaban J connectivity index is 2.61. The van der Waals surface area contributed by atoms with Crippen LogP contribution in [0.25, 0.3) is 0 Å². The number of allylic oxidation sites excluding steroid dienone is 1. The minimum atomic E-state index is -0.0149. The number of hydrogen-bond donors (Lipinski definition) is 1. The Labute approximate surface area is 105 Å². The Bertz CT molecular complexity index is 397. The van der Waals surface area contributed by atoms with E-state index in [9.17, 15) is 4.79 Å². The van der Waals surface area contributed by atoms with E-state index in [0.29, 0.717) is 0 Å². The predicted molar refractivity (Wildman–Crippen MR) is 69.9 cm³/mol. The molecule has 1 aromatic rings. The average molecular weight is 258 g/mol. The van der Waals surface area contributed by atoms with Crippen molar-refractivity contribution in [1.29, 1.82) is 0 Å². The molecule has 1 atom stereocenters. The molecule has 1 rings (SSSR count). The highest BCUT2D eigenvalue weighted by molar-refractivity contribution is 7.16. The second-order valence-electron chi connectivity index (χ2n) is 3.63. The van der Waals surface area contributed by atoms with E-state index in [4.69, 9.17) is 11.6 Å². The van der Waals surface area contributed by atoms with Crippen molar-refractivity contribution in [2.24, 2.45) is 0 Å². The Morgan fingerprint density at radius 2 is 2.31 bits per heavy atom. The molecule has 1 amide bonds. The highest BCUT2D eigenvalue weighted by Crippen LogP contribution is 2.26. The van der Waals surface area contributed by atoms with Gasteiger partial charge in [0.15, 0.2) is 0 Å². The van der Waals surface area contributed by atoms with E-state index in [1.165, 1.54) is 11.3 Å². The zero-order valence-corrected chi connectivity index (χ0v) is 11.3. The van der Waals surface area contributed by atoms with E-state index in [0.717, 1.165) is 21.2 Å². The van der Waals surface area contributed by atoms with Crippen LogP contribution in [0.3, 0.4) is 0 Å². The largest absolute Gasteiger partial charge is 0.345 e. The van der Waals surface area contributed by atoms with E-state index in [-0.39, 0.29) is 11.9 Å². The van der Waals surface area contributed by atoms with Crippen LogP contribution in [0.5, 0.6) is 0 Å². The minimum Gasteiger partial charge on any atom is -0.345 e. The normalized spacial score (nSPS) is 13.6. The van der Waals surface area contributed by atoms with E-state index >= 15 is 0 Å². The maximum absolute atomic E-state index is 11.7. The third-order valence-electron chi connectivity index (χ3n) is 2.24. The summed E-state index contributed by atoms with van der Waals surface area (Å²) in [6, 6.07) is 3.79. The van der Waals surface area contributed by atoms with Crippen molar-refractivity contribution in [3.05, 3.63) is 33.0 Å². The first-order valence-corrected chi connectivity index (χ1v) is 6.47. The van der Waals surface area contributed by atoms with Crippen LogP contribution in [0.1, 0.15) is 38.1 Å². The van der Waals surface area contributed by atoms with Crippen molar-refractivity contribution < 1.29 is 4.79 Å². The van der Waals surface area contributed by atoms with Crippen molar-refractivity contribution in [1.82, 2.24) is 5.32 Å². The maximum Gasteiger partial charge on any atom is 0.247 e. The lowest BCUT2D eigenvalue weighted by Crippen LogP contribution is -2.26. The van der Waals surface area contributed by atoms with Gasteiger partial charge in [-0.05, 0) is 32.4 Å². The van der Waals surface area contributed by atoms with Crippen LogP contribution in [0.4, 0.5) is 0 Å². The van der Waals surface area contributed by atoms with Gasteiger partial charge in [0.05, 0.1) is 10.4 Å². The second kappa shape index (κ2) is 6.06. The zero-order valence-electron chi connectivity index (χ0n) is 9.71. The van der Waals surface area contributed by atoms with Crippen LogP contribution in [-0.2, 0) is 4.79 Å². The molecule has 0 aliphatic carbocycles. The molecule has 88 valence electrons. The molecule has 0 saturated carbocycles. The zero-order chi connectivity index (χ0) is 12.1. The third-order valence-corrected chi connectivity index (χ3v) is 3.65. The molecule has 1 aromatic heterocycles. The molecule has 0 aliphatic heterocycles. The quantitative estimate of drug-likeness (QED) is 0.814. The first-order valence-electron chi connectivity index (χ1n) is 5.27. The van der Waals surface area contributed by atoms with Gasteiger partial charge in [-0.1, -0.05) is 24.6 Å². The van der Waals surface area contributed by atoms with Gasteiger partial charge in [-0.25, -0.2) is 0 Å². The molecule has 0 spiro atoms. The summed E-state index contributed by atoms with van der Waals surface area (Å²) in [5.41, 5.74) is 0.761. The van der Waals surface area contributed by atoms with Gasteiger partial charge < -0.3 is 5.32 Å². The molecule has 16 heavy (non-hydrogen) atoms. The fourth-order valence-corrected chi connectivity index (χ4v) is 2.40. The van der Waals surface area contributed by atoms with Crippen LogP contribution >= 0.6 is 22.9 Å². The van der Waals surface area contributed by atoms with Gasteiger partial charge in [-0.3, -0.25) is 4.79 Å². The molecule has 0 aromatic carbocycles. The van der Waals surface area contributed by atoms with Crippen molar-refractivity contribution >= 4 is 28.8 Å². The number of hydrogen-bond acceptors (Lipinski definition) is 2. The second-order valence-corrected chi connectivity index (χ2v) is 5.38. The lowest BCUT2D eigenvalue weighted by molar-refractivity contribution is -0.118. The van der Waals surface area contributed by atoms with Crippen LogP contribution < -0.4 is 5.32 Å². The summed E-state index contributed by atoms with van der Waals surface area (Å²) in [6.45, 7) is 5.80. The van der Waals surface area contributed by atoms with Gasteiger partial charge in [0, 0.05) is 10.5 Å². The Hall–Kier alpha value is -0.800. The maximum atomic E-state index is 11.7. The summed E-state index contributed by atoms with van der Waals surface area (Å²) in [5.74, 6) is -0.0149. The standard InChI is InChI=1S/C12H16ClNOS/c1-4-5-8(2)12(15)14-9(3)10-6-7-11(13)16-10/h5-7,9H,4H2,1-3H3,(H,14,15)/b8-5+/t9-/m0/s1. The molecule has 0 unspecified atom stereocenters. The van der Waals surface area contributed by atoms with Crippen molar-refractivity contribution in [2.45, 2.75) is 33.2 Å². The van der Waals surface area contributed by atoms with Crippen molar-refractivity contribution in [3.63, 3.8) is 0 Å². The van der Waals surface area contributed by atoms with Crippen molar-refractivity contribution in [2.75, 3.05) is 0 Å². The summed E-state index contributed by atoms with van der Waals surface area (Å²) in [7, 11) is 0. The van der Waals surface area contributed by atoms with E-state index in [2.05, 4.69) is 5.32 Å². The van der Waals surface area contributed by atoms with Crippen LogP contribution in [0.2, 0.25) is 4.34 Å². The molecule has 4 heteroatoms. The van der Waals surface area contributed by atoms with Gasteiger partial charge in [-0.15, -0.1) is 11.3 Å². The monoisotopic (exact) mass is 257 g/mol. The number of amides is 1. The number of rotatable bonds is 4. The smallest absolute Gasteiger partial charge is 0.247 e. The number of thiophene rings is 1. The molecule has 1 N–H and O–H groups in total. The first-order chi connectivity index (χ1) is 7.54. The molecule has 0 aliphatic rings. The predicted octanol–water partition coefficient (Wildman–Crippen LogP) is 3.94. The number of nitrogens with one attached hydrogen (secondary N) is 1. The lowest BCUT2D eigenvalue weighted by atomic mass is 10.2. The number of carbonyl (C=O) groups is 1. The summed E-state index contributed by atoms with van der Waals surface area (Å²) in [4.78, 5) is 12.8. The lowest BCUT2D eigenvalue weighted by Gasteiger charge is -2.12. The molecular weight excluding hydrogens is 242 g/mol. The molecule has 1 heterocycles. The molecule has 0 radical (unpaired) electrons. The van der Waals surface area contributed by atoms with Crippen LogP contribution in [-0.4, -0.2) is 5.91 Å². The van der Waals surface area contributed by atoms with E-state index in [1.807, 2.05) is 39.0 Å². The van der Waals surface area contributed by atoms with Gasteiger partial charge in [0.25, 0.3) is 0 Å². The fraction of sp³-hybridized carbons (Fsp3) is 0.417. The Kier molecular flexibility index (Phi) is 5.03. The summed E-state index contributed by atoms with van der Waals surface area (Å²) in [5, 5.41) is 2.94. The molecule has 0 fully saturated rings. The highest BCUT2D eigenvalue weighted by Gasteiger charge is 2.12. The summed E-state index contributed by atoms with van der Waals surface area (Å²) in [6.07, 6.45) is 2.79. The number of carbonyl (C=O) groups excluding carboxylic acids is 1. The van der Waals surface area contributed by atoms with Crippen LogP contribution in [0, 0.1) is 0 Å². The van der Waals surface area contributed by atoms with Crippen LogP contribution in [0.15, 0.2) is 23.8 Å². The average Bonchev–Trinajstić information content (AvgIpc) is 2.65. The SMILES string of the molecule is CC/C=C(\C)C(=O)N[C@@H](C)c1ccc(Cl)s1. The first kappa shape index (κ1) is 13.3. The van der Waals surface area contributed by atoms with E-state index in [1.54, 1.807) is 0 Å². The van der Waals surface area contributed by atoms with Crippen molar-refractivity contribution in [3.8, 4) is 0 Å². The Morgan fingerprint density at radius 3 is 2.81 bits per heavy atom. The van der Waals surface area contributed by atoms with Gasteiger partial charge in [-0.2, -0.15) is 0 Å². The van der Waals surface area contributed by atoms with Gasteiger partial charge in [0.2, 0.25) is 5.91 Å². The fourth-order valence-electron chi connectivity index (χ4n) is 1.34. The molecule has 0 saturated heterocycles. The Morgan fingerprint density at radius 1 is 1.62 bits per heavy atom. The van der Waals surface area contributed by atoms with E-state index < -0.39 is 0 Å². The van der Waals surface area contributed by atoms with Gasteiger partial charge >= 0.3 is 0 Å². The molecule has 0 bridgehead atoms. The summed E-state index contributed by atoms with van der Waals surface area (Å²) < 4.78 is 0.747. The molecular formula is C12H16ClNOS.